The van der Waals surface area contributed by atoms with E-state index in [9.17, 15) is 0 Å². The molecular formula is C14H22N4S. The molecule has 0 amide bonds. The van der Waals surface area contributed by atoms with Crippen molar-refractivity contribution in [2.75, 3.05) is 30.5 Å². The zero-order valence-electron chi connectivity index (χ0n) is 11.6. The standard InChI is InChI=1S/C14H22N4S/c1-15-12-7-13(18-14(17-12)19-2)16-8-11-6-9-3-4-10(11)5-9/h7,9-11H,3-6,8H2,1-2H3,(H2,15,16,17,18). The third kappa shape index (κ3) is 2.81. The van der Waals surface area contributed by atoms with Crippen molar-refractivity contribution < 1.29 is 0 Å². The lowest BCUT2D eigenvalue weighted by Crippen LogP contribution is -2.20. The Morgan fingerprint density at radius 3 is 2.74 bits per heavy atom. The molecule has 2 aliphatic carbocycles. The number of hydrogen-bond donors (Lipinski definition) is 2. The molecule has 3 unspecified atom stereocenters. The van der Waals surface area contributed by atoms with Gasteiger partial charge in [0.25, 0.3) is 0 Å². The van der Waals surface area contributed by atoms with Crippen molar-refractivity contribution in [3.8, 4) is 0 Å². The number of nitrogens with zero attached hydrogens (tertiary/aromatic N) is 2. The number of nitrogens with one attached hydrogen (secondary N) is 2. The lowest BCUT2D eigenvalue weighted by atomic mass is 9.89. The lowest BCUT2D eigenvalue weighted by molar-refractivity contribution is 0.348. The van der Waals surface area contributed by atoms with Gasteiger partial charge >= 0.3 is 0 Å². The molecule has 5 heteroatoms. The normalized spacial score (nSPS) is 28.6. The number of hydrogen-bond acceptors (Lipinski definition) is 5. The first-order valence-corrected chi connectivity index (χ1v) is 8.35. The van der Waals surface area contributed by atoms with Gasteiger partial charge in [-0.2, -0.15) is 0 Å². The highest BCUT2D eigenvalue weighted by Crippen LogP contribution is 2.48. The number of thioether (sulfide) groups is 1. The van der Waals surface area contributed by atoms with E-state index >= 15 is 0 Å². The fourth-order valence-electron chi connectivity index (χ4n) is 3.60. The van der Waals surface area contributed by atoms with Gasteiger partial charge in [-0.1, -0.05) is 18.2 Å². The van der Waals surface area contributed by atoms with Crippen molar-refractivity contribution >= 4 is 23.4 Å². The summed E-state index contributed by atoms with van der Waals surface area (Å²) in [4.78, 5) is 8.91. The highest BCUT2D eigenvalue weighted by Gasteiger charge is 2.39. The Morgan fingerprint density at radius 1 is 1.26 bits per heavy atom. The van der Waals surface area contributed by atoms with Crippen LogP contribution in [0.3, 0.4) is 0 Å². The van der Waals surface area contributed by atoms with E-state index in [1.54, 1.807) is 11.8 Å². The molecule has 1 aromatic heterocycles. The smallest absolute Gasteiger partial charge is 0.191 e. The second-order valence-electron chi connectivity index (χ2n) is 5.69. The van der Waals surface area contributed by atoms with Crippen molar-refractivity contribution in [3.63, 3.8) is 0 Å². The van der Waals surface area contributed by atoms with E-state index in [0.717, 1.165) is 41.1 Å². The van der Waals surface area contributed by atoms with Crippen LogP contribution in [0.1, 0.15) is 25.7 Å². The van der Waals surface area contributed by atoms with Crippen LogP contribution in [0.25, 0.3) is 0 Å². The van der Waals surface area contributed by atoms with Gasteiger partial charge in [0.05, 0.1) is 0 Å². The topological polar surface area (TPSA) is 49.8 Å². The monoisotopic (exact) mass is 278 g/mol. The van der Waals surface area contributed by atoms with Crippen LogP contribution in [0.4, 0.5) is 11.6 Å². The SMILES string of the molecule is CNc1cc(NCC2CC3CCC2C3)nc(SC)n1. The van der Waals surface area contributed by atoms with Crippen LogP contribution in [-0.2, 0) is 0 Å². The molecular weight excluding hydrogens is 256 g/mol. The lowest BCUT2D eigenvalue weighted by Gasteiger charge is -2.22. The Kier molecular flexibility index (Phi) is 3.82. The Morgan fingerprint density at radius 2 is 2.11 bits per heavy atom. The fraction of sp³-hybridized carbons (Fsp3) is 0.714. The molecule has 1 heterocycles. The van der Waals surface area contributed by atoms with E-state index in [2.05, 4.69) is 20.6 Å². The van der Waals surface area contributed by atoms with Crippen LogP contribution in [0, 0.1) is 17.8 Å². The molecule has 104 valence electrons. The maximum Gasteiger partial charge on any atom is 0.191 e. The third-order valence-electron chi connectivity index (χ3n) is 4.57. The number of anilines is 2. The predicted octanol–water partition coefficient (Wildman–Crippen LogP) is 3.09. The van der Waals surface area contributed by atoms with Gasteiger partial charge in [0.1, 0.15) is 11.6 Å². The second kappa shape index (κ2) is 5.57. The molecule has 0 spiro atoms. The first-order chi connectivity index (χ1) is 9.28. The summed E-state index contributed by atoms with van der Waals surface area (Å²) in [5.74, 6) is 4.66. The molecule has 2 fully saturated rings. The maximum atomic E-state index is 4.52. The summed E-state index contributed by atoms with van der Waals surface area (Å²) in [7, 11) is 1.89. The predicted molar refractivity (Wildman–Crippen MR) is 80.8 cm³/mol. The first-order valence-electron chi connectivity index (χ1n) is 7.13. The molecule has 3 atom stereocenters. The summed E-state index contributed by atoms with van der Waals surface area (Å²) in [6, 6.07) is 1.99. The highest BCUT2D eigenvalue weighted by molar-refractivity contribution is 7.98. The summed E-state index contributed by atoms with van der Waals surface area (Å²) in [6.45, 7) is 1.06. The summed E-state index contributed by atoms with van der Waals surface area (Å²) in [6.07, 6.45) is 7.80. The van der Waals surface area contributed by atoms with Crippen LogP contribution in [0.5, 0.6) is 0 Å². The molecule has 4 nitrogen and oxygen atoms in total. The van der Waals surface area contributed by atoms with Crippen LogP contribution in [-0.4, -0.2) is 29.8 Å². The molecule has 2 bridgehead atoms. The van der Waals surface area contributed by atoms with Gasteiger partial charge in [0.2, 0.25) is 0 Å². The number of rotatable bonds is 5. The van der Waals surface area contributed by atoms with E-state index in [4.69, 9.17) is 0 Å². The van der Waals surface area contributed by atoms with Crippen molar-refractivity contribution in [1.29, 1.82) is 0 Å². The van der Waals surface area contributed by atoms with Gasteiger partial charge in [-0.25, -0.2) is 9.97 Å². The van der Waals surface area contributed by atoms with Crippen LogP contribution < -0.4 is 10.6 Å². The van der Waals surface area contributed by atoms with Gasteiger partial charge in [0, 0.05) is 19.7 Å². The minimum Gasteiger partial charge on any atom is -0.373 e. The first kappa shape index (κ1) is 13.0. The van der Waals surface area contributed by atoms with E-state index in [0.29, 0.717) is 0 Å². The molecule has 0 radical (unpaired) electrons. The summed E-state index contributed by atoms with van der Waals surface area (Å²) in [5, 5.41) is 7.43. The van der Waals surface area contributed by atoms with Crippen LogP contribution in [0.2, 0.25) is 0 Å². The molecule has 0 saturated heterocycles. The van der Waals surface area contributed by atoms with E-state index in [-0.39, 0.29) is 0 Å². The highest BCUT2D eigenvalue weighted by atomic mass is 32.2. The van der Waals surface area contributed by atoms with E-state index in [1.165, 1.54) is 25.7 Å². The summed E-state index contributed by atoms with van der Waals surface area (Å²) in [5.41, 5.74) is 0. The number of fused-ring (bicyclic) bond motifs is 2. The van der Waals surface area contributed by atoms with Gasteiger partial charge in [0.15, 0.2) is 5.16 Å². The van der Waals surface area contributed by atoms with Crippen LogP contribution >= 0.6 is 11.8 Å². The molecule has 2 aliphatic rings. The summed E-state index contributed by atoms with van der Waals surface area (Å²) < 4.78 is 0. The average Bonchev–Trinajstić information content (AvgIpc) is 3.07. The number of aromatic nitrogens is 2. The Hall–Kier alpha value is -0.970. The van der Waals surface area contributed by atoms with Gasteiger partial charge in [-0.3, -0.25) is 0 Å². The molecule has 19 heavy (non-hydrogen) atoms. The zero-order chi connectivity index (χ0) is 13.2. The molecule has 1 aromatic rings. The largest absolute Gasteiger partial charge is 0.373 e. The van der Waals surface area contributed by atoms with E-state index in [1.807, 2.05) is 19.4 Å². The minimum atomic E-state index is 0.822. The molecule has 2 N–H and O–H groups in total. The van der Waals surface area contributed by atoms with Gasteiger partial charge in [-0.15, -0.1) is 0 Å². The molecule has 2 saturated carbocycles. The fourth-order valence-corrected chi connectivity index (χ4v) is 3.98. The third-order valence-corrected chi connectivity index (χ3v) is 5.12. The molecule has 0 aliphatic heterocycles. The zero-order valence-corrected chi connectivity index (χ0v) is 12.5. The molecule has 3 rings (SSSR count). The van der Waals surface area contributed by atoms with Crippen molar-refractivity contribution in [2.45, 2.75) is 30.8 Å². The van der Waals surface area contributed by atoms with E-state index < -0.39 is 0 Å². The average molecular weight is 278 g/mol. The Bertz CT molecular complexity index is 429. The van der Waals surface area contributed by atoms with Crippen molar-refractivity contribution in [3.05, 3.63) is 6.07 Å². The second-order valence-corrected chi connectivity index (χ2v) is 6.46. The molecule has 0 aromatic carbocycles. The quantitative estimate of drug-likeness (QED) is 0.640. The maximum absolute atomic E-state index is 4.52. The Balaban J connectivity index is 1.63. The Labute approximate surface area is 119 Å². The van der Waals surface area contributed by atoms with Crippen molar-refractivity contribution in [2.24, 2.45) is 17.8 Å². The van der Waals surface area contributed by atoms with Gasteiger partial charge < -0.3 is 10.6 Å². The minimum absolute atomic E-state index is 0.822. The van der Waals surface area contributed by atoms with Crippen molar-refractivity contribution in [1.82, 2.24) is 9.97 Å². The van der Waals surface area contributed by atoms with Crippen LogP contribution in [0.15, 0.2) is 11.2 Å². The summed E-state index contributed by atoms with van der Waals surface area (Å²) >= 11 is 1.58. The van der Waals surface area contributed by atoms with Gasteiger partial charge in [-0.05, 0) is 43.3 Å².